The molecule has 0 saturated carbocycles. The predicted molar refractivity (Wildman–Crippen MR) is 83.4 cm³/mol. The number of pyridine rings is 1. The van der Waals surface area contributed by atoms with Gasteiger partial charge in [0.05, 0.1) is 23.5 Å². The first-order valence-electron chi connectivity index (χ1n) is 6.56. The van der Waals surface area contributed by atoms with Crippen LogP contribution in [0.4, 0.5) is 5.69 Å². The summed E-state index contributed by atoms with van der Waals surface area (Å²) in [5, 5.41) is 0. The van der Waals surface area contributed by atoms with E-state index in [0.717, 1.165) is 27.0 Å². The Kier molecular flexibility index (Phi) is 3.37. The lowest BCUT2D eigenvalue weighted by Gasteiger charge is -2.19. The molecule has 1 aromatic carbocycles. The minimum absolute atomic E-state index is 0.301. The highest BCUT2D eigenvalue weighted by Gasteiger charge is 2.37. The van der Waals surface area contributed by atoms with Crippen LogP contribution in [0, 0.1) is 13.8 Å². The second kappa shape index (κ2) is 5.07. The van der Waals surface area contributed by atoms with Crippen LogP contribution >= 0.6 is 15.9 Å². The molecule has 21 heavy (non-hydrogen) atoms. The van der Waals surface area contributed by atoms with Crippen molar-refractivity contribution >= 4 is 33.3 Å². The molecular weight excluding hydrogens is 332 g/mol. The van der Waals surface area contributed by atoms with Gasteiger partial charge in [0.25, 0.3) is 11.7 Å². The molecule has 0 atom stereocenters. The fourth-order valence-corrected chi connectivity index (χ4v) is 2.72. The monoisotopic (exact) mass is 344 g/mol. The van der Waals surface area contributed by atoms with Gasteiger partial charge in [-0.25, -0.2) is 0 Å². The maximum atomic E-state index is 12.2. The van der Waals surface area contributed by atoms with Crippen LogP contribution in [0.15, 0.2) is 34.9 Å². The molecule has 0 N–H and O–H groups in total. The molecule has 0 fully saturated rings. The summed E-state index contributed by atoms with van der Waals surface area (Å²) in [7, 11) is 0. The van der Waals surface area contributed by atoms with Crippen molar-refractivity contribution in [1.29, 1.82) is 0 Å². The molecule has 0 unspecified atom stereocenters. The highest BCUT2D eigenvalue weighted by molar-refractivity contribution is 9.10. The summed E-state index contributed by atoms with van der Waals surface area (Å²) in [6, 6.07) is 7.31. The van der Waals surface area contributed by atoms with Crippen molar-refractivity contribution in [1.82, 2.24) is 4.98 Å². The number of hydrogen-bond donors (Lipinski definition) is 0. The number of hydrogen-bond acceptors (Lipinski definition) is 3. The molecule has 1 aromatic heterocycles. The van der Waals surface area contributed by atoms with Gasteiger partial charge in [0.1, 0.15) is 0 Å². The Morgan fingerprint density at radius 1 is 1.14 bits per heavy atom. The molecular formula is C16H13BrN2O2. The summed E-state index contributed by atoms with van der Waals surface area (Å²) in [5.74, 6) is -0.923. The average molecular weight is 345 g/mol. The lowest BCUT2D eigenvalue weighted by Crippen LogP contribution is -2.29. The predicted octanol–water partition coefficient (Wildman–Crippen LogP) is 3.19. The quantitative estimate of drug-likeness (QED) is 0.786. The van der Waals surface area contributed by atoms with Crippen molar-refractivity contribution in [2.75, 3.05) is 4.90 Å². The Bertz CT molecular complexity index is 754. The minimum Gasteiger partial charge on any atom is -0.298 e. The topological polar surface area (TPSA) is 50.3 Å². The Morgan fingerprint density at radius 3 is 2.57 bits per heavy atom. The molecule has 106 valence electrons. The number of ketones is 1. The summed E-state index contributed by atoms with van der Waals surface area (Å²) < 4.78 is 0.877. The maximum Gasteiger partial charge on any atom is 0.299 e. The smallest absolute Gasteiger partial charge is 0.298 e. The summed E-state index contributed by atoms with van der Waals surface area (Å²) >= 11 is 3.33. The van der Waals surface area contributed by atoms with Crippen LogP contribution in [0.3, 0.4) is 0 Å². The number of Topliss-reactive ketones (excluding diaryl/α,β-unsaturated/α-hetero) is 1. The first-order chi connectivity index (χ1) is 9.99. The number of fused-ring (bicyclic) bond motifs is 1. The number of benzene rings is 1. The number of amides is 1. The fraction of sp³-hybridized carbons (Fsp3) is 0.188. The van der Waals surface area contributed by atoms with E-state index in [1.807, 2.05) is 32.0 Å². The third-order valence-corrected chi connectivity index (χ3v) is 4.23. The van der Waals surface area contributed by atoms with Crippen molar-refractivity contribution in [3.63, 3.8) is 0 Å². The third-order valence-electron chi connectivity index (χ3n) is 3.76. The zero-order valence-corrected chi connectivity index (χ0v) is 13.3. The van der Waals surface area contributed by atoms with Gasteiger partial charge in [0, 0.05) is 10.7 Å². The molecule has 5 heteroatoms. The van der Waals surface area contributed by atoms with Crippen LogP contribution < -0.4 is 4.90 Å². The number of anilines is 1. The van der Waals surface area contributed by atoms with Crippen molar-refractivity contribution in [2.24, 2.45) is 0 Å². The molecule has 1 aliphatic heterocycles. The van der Waals surface area contributed by atoms with E-state index in [2.05, 4.69) is 20.9 Å². The van der Waals surface area contributed by atoms with Crippen LogP contribution in [0.1, 0.15) is 27.2 Å². The highest BCUT2D eigenvalue weighted by Crippen LogP contribution is 2.34. The Hall–Kier alpha value is -2.01. The van der Waals surface area contributed by atoms with Crippen molar-refractivity contribution < 1.29 is 9.59 Å². The van der Waals surface area contributed by atoms with Crippen LogP contribution in [-0.2, 0) is 11.3 Å². The van der Waals surface area contributed by atoms with Gasteiger partial charge in [-0.1, -0.05) is 6.07 Å². The van der Waals surface area contributed by atoms with E-state index in [4.69, 9.17) is 0 Å². The number of aryl methyl sites for hydroxylation is 1. The molecule has 1 amide bonds. The van der Waals surface area contributed by atoms with Gasteiger partial charge in [0.2, 0.25) is 0 Å². The zero-order chi connectivity index (χ0) is 15.1. The van der Waals surface area contributed by atoms with E-state index in [9.17, 15) is 9.59 Å². The molecule has 0 bridgehead atoms. The van der Waals surface area contributed by atoms with Crippen LogP contribution in [0.25, 0.3) is 0 Å². The van der Waals surface area contributed by atoms with E-state index < -0.39 is 11.7 Å². The van der Waals surface area contributed by atoms with E-state index in [-0.39, 0.29) is 0 Å². The molecule has 0 radical (unpaired) electrons. The van der Waals surface area contributed by atoms with E-state index in [1.54, 1.807) is 12.3 Å². The molecule has 4 nitrogen and oxygen atoms in total. The summed E-state index contributed by atoms with van der Waals surface area (Å²) in [6.07, 6.45) is 1.68. The molecule has 1 aliphatic rings. The second-order valence-electron chi connectivity index (χ2n) is 5.09. The standard InChI is InChI=1S/C16H13BrN2O2/c1-9-3-6-13-14(10(9)2)19(16(21)15(13)20)8-12-5-4-11(17)7-18-12/h3-7H,8H2,1-2H3. The second-order valence-corrected chi connectivity index (χ2v) is 6.01. The summed E-state index contributed by atoms with van der Waals surface area (Å²) in [5.41, 5.74) is 3.97. The number of halogens is 1. The molecule has 0 aliphatic carbocycles. The Morgan fingerprint density at radius 2 is 1.90 bits per heavy atom. The van der Waals surface area contributed by atoms with Crippen LogP contribution in [0.5, 0.6) is 0 Å². The number of carbonyl (C=O) groups excluding carboxylic acids is 2. The highest BCUT2D eigenvalue weighted by atomic mass is 79.9. The van der Waals surface area contributed by atoms with Gasteiger partial charge in [-0.15, -0.1) is 0 Å². The SMILES string of the molecule is Cc1ccc2c(c1C)N(Cc1ccc(Br)cn1)C(=O)C2=O. The first kappa shape index (κ1) is 13.9. The lowest BCUT2D eigenvalue weighted by molar-refractivity contribution is -0.114. The van der Waals surface area contributed by atoms with E-state index in [0.29, 0.717) is 12.1 Å². The Labute approximate surface area is 130 Å². The largest absolute Gasteiger partial charge is 0.299 e. The minimum atomic E-state index is -0.483. The van der Waals surface area contributed by atoms with Gasteiger partial charge in [0.15, 0.2) is 0 Å². The van der Waals surface area contributed by atoms with Gasteiger partial charge >= 0.3 is 0 Å². The molecule has 2 heterocycles. The van der Waals surface area contributed by atoms with E-state index in [1.165, 1.54) is 4.90 Å². The number of aromatic nitrogens is 1. The molecule has 2 aromatic rings. The van der Waals surface area contributed by atoms with E-state index >= 15 is 0 Å². The summed E-state index contributed by atoms with van der Waals surface area (Å²) in [6.45, 7) is 4.20. The van der Waals surface area contributed by atoms with Gasteiger partial charge in [-0.05, 0) is 59.1 Å². The summed E-state index contributed by atoms with van der Waals surface area (Å²) in [4.78, 5) is 30.1. The third kappa shape index (κ3) is 2.27. The van der Waals surface area contributed by atoms with Crippen molar-refractivity contribution in [2.45, 2.75) is 20.4 Å². The first-order valence-corrected chi connectivity index (χ1v) is 7.35. The maximum absolute atomic E-state index is 12.2. The fourth-order valence-electron chi connectivity index (χ4n) is 2.48. The van der Waals surface area contributed by atoms with Gasteiger partial charge < -0.3 is 0 Å². The molecule has 3 rings (SSSR count). The van der Waals surface area contributed by atoms with Crippen LogP contribution in [-0.4, -0.2) is 16.7 Å². The number of carbonyl (C=O) groups is 2. The van der Waals surface area contributed by atoms with Gasteiger partial charge in [-0.2, -0.15) is 0 Å². The normalized spacial score (nSPS) is 13.8. The zero-order valence-electron chi connectivity index (χ0n) is 11.7. The average Bonchev–Trinajstić information content (AvgIpc) is 2.71. The molecule has 0 saturated heterocycles. The van der Waals surface area contributed by atoms with Gasteiger partial charge in [-0.3, -0.25) is 19.5 Å². The van der Waals surface area contributed by atoms with Crippen molar-refractivity contribution in [3.8, 4) is 0 Å². The number of nitrogens with zero attached hydrogens (tertiary/aromatic N) is 2. The van der Waals surface area contributed by atoms with Crippen LogP contribution in [0.2, 0.25) is 0 Å². The lowest BCUT2D eigenvalue weighted by atomic mass is 10.0. The number of rotatable bonds is 2. The Balaban J connectivity index is 2.04. The van der Waals surface area contributed by atoms with Crippen molar-refractivity contribution in [3.05, 3.63) is 57.3 Å². The molecule has 0 spiro atoms.